The minimum atomic E-state index is -1.01. The van der Waals surface area contributed by atoms with Crippen LogP contribution in [0, 0.1) is 5.92 Å². The number of hydrogen-bond acceptors (Lipinski definition) is 4. The molecular weight excluding hydrogens is 266 g/mol. The SMILES string of the molecule is CC(C)C(NC(=O)c1cc2c(s1)CCOC2)C(=O)O. The maximum atomic E-state index is 12.1. The van der Waals surface area contributed by atoms with Crippen molar-refractivity contribution in [2.24, 2.45) is 5.92 Å². The molecule has 1 aromatic heterocycles. The molecule has 0 spiro atoms. The summed E-state index contributed by atoms with van der Waals surface area (Å²) in [6.07, 6.45) is 0.819. The fourth-order valence-electron chi connectivity index (χ4n) is 1.99. The first-order valence-corrected chi connectivity index (χ1v) is 7.03. The zero-order valence-corrected chi connectivity index (χ0v) is 11.8. The molecule has 0 radical (unpaired) electrons. The Morgan fingerprint density at radius 2 is 2.21 bits per heavy atom. The predicted molar refractivity (Wildman–Crippen MR) is 71.4 cm³/mol. The molecule has 0 aliphatic carbocycles. The van der Waals surface area contributed by atoms with Crippen molar-refractivity contribution in [3.05, 3.63) is 21.4 Å². The first-order valence-electron chi connectivity index (χ1n) is 6.22. The minimum absolute atomic E-state index is 0.153. The number of thiophene rings is 1. The van der Waals surface area contributed by atoms with Crippen molar-refractivity contribution in [3.8, 4) is 0 Å². The van der Waals surface area contributed by atoms with Gasteiger partial charge in [-0.25, -0.2) is 4.79 Å². The van der Waals surface area contributed by atoms with Gasteiger partial charge in [0.15, 0.2) is 0 Å². The van der Waals surface area contributed by atoms with Crippen molar-refractivity contribution in [1.29, 1.82) is 0 Å². The summed E-state index contributed by atoms with van der Waals surface area (Å²) < 4.78 is 5.33. The topological polar surface area (TPSA) is 75.6 Å². The van der Waals surface area contributed by atoms with Gasteiger partial charge in [-0.05, 0) is 17.5 Å². The Labute approximate surface area is 115 Å². The van der Waals surface area contributed by atoms with Gasteiger partial charge < -0.3 is 15.2 Å². The second-order valence-electron chi connectivity index (χ2n) is 4.90. The fraction of sp³-hybridized carbons (Fsp3) is 0.538. The predicted octanol–water partition coefficient (Wildman–Crippen LogP) is 1.66. The maximum Gasteiger partial charge on any atom is 0.326 e. The molecule has 0 bridgehead atoms. The van der Waals surface area contributed by atoms with Gasteiger partial charge in [0.2, 0.25) is 0 Å². The highest BCUT2D eigenvalue weighted by Gasteiger charge is 2.25. The number of carboxylic acids is 1. The summed E-state index contributed by atoms with van der Waals surface area (Å²) in [6, 6.07) is 0.941. The van der Waals surface area contributed by atoms with E-state index in [4.69, 9.17) is 9.84 Å². The average Bonchev–Trinajstić information content (AvgIpc) is 2.78. The minimum Gasteiger partial charge on any atom is -0.480 e. The van der Waals surface area contributed by atoms with Gasteiger partial charge in [-0.3, -0.25) is 4.79 Å². The molecule has 2 N–H and O–H groups in total. The highest BCUT2D eigenvalue weighted by Crippen LogP contribution is 2.27. The van der Waals surface area contributed by atoms with Crippen LogP contribution in [0.5, 0.6) is 0 Å². The van der Waals surface area contributed by atoms with Gasteiger partial charge in [0.25, 0.3) is 5.91 Å². The molecule has 0 saturated carbocycles. The highest BCUT2D eigenvalue weighted by molar-refractivity contribution is 7.14. The maximum absolute atomic E-state index is 12.1. The van der Waals surface area contributed by atoms with Gasteiger partial charge >= 0.3 is 5.97 Å². The van der Waals surface area contributed by atoms with Crippen molar-refractivity contribution >= 4 is 23.2 Å². The van der Waals surface area contributed by atoms with Crippen molar-refractivity contribution in [3.63, 3.8) is 0 Å². The zero-order chi connectivity index (χ0) is 14.0. The van der Waals surface area contributed by atoms with Gasteiger partial charge in [-0.1, -0.05) is 13.8 Å². The normalized spacial score (nSPS) is 15.9. The van der Waals surface area contributed by atoms with E-state index in [-0.39, 0.29) is 11.8 Å². The smallest absolute Gasteiger partial charge is 0.326 e. The van der Waals surface area contributed by atoms with Crippen molar-refractivity contribution in [2.75, 3.05) is 6.61 Å². The number of carboxylic acid groups (broad SMARTS) is 1. The van der Waals surface area contributed by atoms with E-state index in [0.29, 0.717) is 18.1 Å². The van der Waals surface area contributed by atoms with E-state index in [1.807, 2.05) is 0 Å². The first kappa shape index (κ1) is 14.0. The van der Waals surface area contributed by atoms with Crippen molar-refractivity contribution in [2.45, 2.75) is 32.9 Å². The number of carbonyl (C=O) groups is 2. The summed E-state index contributed by atoms with van der Waals surface area (Å²) >= 11 is 1.42. The van der Waals surface area contributed by atoms with Crippen LogP contribution in [-0.4, -0.2) is 29.6 Å². The third-order valence-corrected chi connectivity index (χ3v) is 4.31. The monoisotopic (exact) mass is 283 g/mol. The van der Waals surface area contributed by atoms with Crippen LogP contribution in [0.3, 0.4) is 0 Å². The van der Waals surface area contributed by atoms with Crippen molar-refractivity contribution in [1.82, 2.24) is 5.32 Å². The van der Waals surface area contributed by atoms with Gasteiger partial charge in [-0.15, -0.1) is 11.3 Å². The van der Waals surface area contributed by atoms with E-state index >= 15 is 0 Å². The lowest BCUT2D eigenvalue weighted by Crippen LogP contribution is -2.44. The fourth-order valence-corrected chi connectivity index (χ4v) is 3.04. The largest absolute Gasteiger partial charge is 0.480 e. The zero-order valence-electron chi connectivity index (χ0n) is 10.9. The van der Waals surface area contributed by atoms with E-state index in [0.717, 1.165) is 16.9 Å². The third-order valence-electron chi connectivity index (χ3n) is 3.07. The Hall–Kier alpha value is -1.40. The van der Waals surface area contributed by atoms with Crippen LogP contribution in [0.25, 0.3) is 0 Å². The van der Waals surface area contributed by atoms with E-state index in [9.17, 15) is 9.59 Å². The van der Waals surface area contributed by atoms with Gasteiger partial charge in [0, 0.05) is 11.3 Å². The van der Waals surface area contributed by atoms with Crippen LogP contribution in [0.4, 0.5) is 0 Å². The molecule has 19 heavy (non-hydrogen) atoms. The summed E-state index contributed by atoms with van der Waals surface area (Å²) in [7, 11) is 0. The van der Waals surface area contributed by atoms with E-state index in [1.165, 1.54) is 11.3 Å². The second kappa shape index (κ2) is 5.71. The van der Waals surface area contributed by atoms with Gasteiger partial charge in [0.05, 0.1) is 18.1 Å². The quantitative estimate of drug-likeness (QED) is 0.881. The number of amides is 1. The molecule has 2 rings (SSSR count). The Balaban J connectivity index is 2.11. The van der Waals surface area contributed by atoms with Gasteiger partial charge in [0.1, 0.15) is 6.04 Å². The number of ether oxygens (including phenoxy) is 1. The lowest BCUT2D eigenvalue weighted by molar-refractivity contribution is -0.140. The summed E-state index contributed by atoms with van der Waals surface area (Å²) in [6.45, 7) is 4.75. The van der Waals surface area contributed by atoms with Crippen LogP contribution >= 0.6 is 11.3 Å². The third kappa shape index (κ3) is 3.13. The Kier molecular flexibility index (Phi) is 4.21. The van der Waals surface area contributed by atoms with Crippen LogP contribution in [0.15, 0.2) is 6.07 Å². The lowest BCUT2D eigenvalue weighted by atomic mass is 10.0. The number of rotatable bonds is 4. The first-order chi connectivity index (χ1) is 8.99. The molecule has 0 saturated heterocycles. The summed E-state index contributed by atoms with van der Waals surface area (Å²) in [5.41, 5.74) is 1.04. The Morgan fingerprint density at radius 3 is 2.79 bits per heavy atom. The summed E-state index contributed by atoms with van der Waals surface area (Å²) in [4.78, 5) is 24.9. The number of aliphatic carboxylic acids is 1. The Bertz CT molecular complexity index is 471. The standard InChI is InChI=1S/C13H17NO4S/c1-7(2)11(13(16)17)14-12(15)10-5-8-6-18-4-3-9(8)19-10/h5,7,11H,3-4,6H2,1-2H3,(H,14,15)(H,16,17). The summed E-state index contributed by atoms with van der Waals surface area (Å²) in [5.74, 6) is -1.48. The Morgan fingerprint density at radius 1 is 1.47 bits per heavy atom. The van der Waals surface area contributed by atoms with E-state index < -0.39 is 12.0 Å². The molecule has 2 heterocycles. The number of carbonyl (C=O) groups excluding carboxylic acids is 1. The van der Waals surface area contributed by atoms with E-state index in [1.54, 1.807) is 19.9 Å². The molecule has 104 valence electrons. The van der Waals surface area contributed by atoms with Crippen LogP contribution < -0.4 is 5.32 Å². The molecule has 1 aromatic rings. The van der Waals surface area contributed by atoms with Gasteiger partial charge in [-0.2, -0.15) is 0 Å². The molecular formula is C13H17NO4S. The molecule has 1 amide bonds. The molecule has 5 nitrogen and oxygen atoms in total. The lowest BCUT2D eigenvalue weighted by Gasteiger charge is -2.17. The van der Waals surface area contributed by atoms with E-state index in [2.05, 4.69) is 5.32 Å². The molecule has 1 aliphatic rings. The molecule has 1 unspecified atom stereocenters. The molecule has 0 aromatic carbocycles. The molecule has 0 fully saturated rings. The van der Waals surface area contributed by atoms with Crippen molar-refractivity contribution < 1.29 is 19.4 Å². The number of fused-ring (bicyclic) bond motifs is 1. The molecule has 6 heteroatoms. The van der Waals surface area contributed by atoms with Crippen LogP contribution in [-0.2, 0) is 22.6 Å². The summed E-state index contributed by atoms with van der Waals surface area (Å²) in [5, 5.41) is 11.6. The molecule has 1 aliphatic heterocycles. The number of hydrogen-bond donors (Lipinski definition) is 2. The molecule has 1 atom stereocenters. The number of nitrogens with one attached hydrogen (secondary N) is 1. The second-order valence-corrected chi connectivity index (χ2v) is 6.03. The highest BCUT2D eigenvalue weighted by atomic mass is 32.1. The van der Waals surface area contributed by atoms with Crippen LogP contribution in [0.2, 0.25) is 0 Å². The van der Waals surface area contributed by atoms with Crippen LogP contribution in [0.1, 0.15) is 34.0 Å². The average molecular weight is 283 g/mol.